The highest BCUT2D eigenvalue weighted by molar-refractivity contribution is 9.10. The molecular weight excluding hydrogens is 328 g/mol. The smallest absolute Gasteiger partial charge is 0.258 e. The number of nitrogens with two attached hydrogens (primary N) is 1. The fraction of sp³-hybridized carbons (Fsp3) is 0.235. The van der Waals surface area contributed by atoms with Crippen molar-refractivity contribution < 1.29 is 4.79 Å². The van der Waals surface area contributed by atoms with Crippen LogP contribution in [-0.2, 0) is 6.42 Å². The summed E-state index contributed by atoms with van der Waals surface area (Å²) in [6, 6.07) is 13.7. The average Bonchev–Trinajstić information content (AvgIpc) is 2.45. The van der Waals surface area contributed by atoms with Crippen LogP contribution >= 0.6 is 15.9 Å². The molecule has 0 fully saturated rings. The Hall–Kier alpha value is -1.65. The van der Waals surface area contributed by atoms with E-state index >= 15 is 0 Å². The third-order valence-electron chi connectivity index (χ3n) is 3.85. The van der Waals surface area contributed by atoms with E-state index in [1.807, 2.05) is 49.4 Å². The number of hydrogen-bond donors (Lipinski definition) is 1. The topological polar surface area (TPSA) is 46.3 Å². The molecule has 0 saturated carbocycles. The number of halogens is 1. The molecule has 1 aliphatic heterocycles. The number of aryl methyl sites for hydroxylation is 1. The fourth-order valence-corrected chi connectivity index (χ4v) is 3.31. The third kappa shape index (κ3) is 2.74. The summed E-state index contributed by atoms with van der Waals surface area (Å²) in [6.07, 6.45) is 0.819. The van der Waals surface area contributed by atoms with Gasteiger partial charge in [0.15, 0.2) is 0 Å². The van der Waals surface area contributed by atoms with Crippen LogP contribution in [0.5, 0.6) is 0 Å². The molecule has 3 rings (SSSR count). The van der Waals surface area contributed by atoms with Crippen LogP contribution in [0.4, 0.5) is 5.69 Å². The first-order valence-electron chi connectivity index (χ1n) is 6.98. The zero-order chi connectivity index (χ0) is 15.0. The number of carbonyl (C=O) groups excluding carboxylic acids is 1. The highest BCUT2D eigenvalue weighted by Crippen LogP contribution is 2.28. The van der Waals surface area contributed by atoms with Gasteiger partial charge in [-0.25, -0.2) is 0 Å². The van der Waals surface area contributed by atoms with Gasteiger partial charge >= 0.3 is 0 Å². The second kappa shape index (κ2) is 5.62. The molecule has 0 spiro atoms. The number of rotatable bonds is 1. The van der Waals surface area contributed by atoms with E-state index in [4.69, 9.17) is 5.73 Å². The summed E-state index contributed by atoms with van der Waals surface area (Å²) in [7, 11) is 0. The Balaban J connectivity index is 2.02. The lowest BCUT2D eigenvalue weighted by Crippen LogP contribution is -2.46. The van der Waals surface area contributed by atoms with Crippen LogP contribution in [0.1, 0.15) is 21.5 Å². The van der Waals surface area contributed by atoms with Crippen molar-refractivity contribution in [2.75, 3.05) is 11.4 Å². The summed E-state index contributed by atoms with van der Waals surface area (Å²) in [6.45, 7) is 2.51. The van der Waals surface area contributed by atoms with Crippen molar-refractivity contribution in [3.05, 3.63) is 63.6 Å². The van der Waals surface area contributed by atoms with E-state index in [9.17, 15) is 4.79 Å². The SMILES string of the molecule is Cc1cc(Br)ccc1C(=O)N1CC(N)Cc2ccccc21. The molecule has 2 aromatic carbocycles. The molecule has 0 aliphatic carbocycles. The van der Waals surface area contributed by atoms with Crippen molar-refractivity contribution in [1.29, 1.82) is 0 Å². The Labute approximate surface area is 132 Å². The maximum Gasteiger partial charge on any atom is 0.258 e. The Kier molecular flexibility index (Phi) is 3.83. The predicted molar refractivity (Wildman–Crippen MR) is 88.7 cm³/mol. The second-order valence-corrected chi connectivity index (χ2v) is 6.38. The molecule has 0 radical (unpaired) electrons. The normalized spacial score (nSPS) is 17.5. The van der Waals surface area contributed by atoms with Crippen LogP contribution in [0.25, 0.3) is 0 Å². The van der Waals surface area contributed by atoms with Gasteiger partial charge in [-0.05, 0) is 48.7 Å². The number of nitrogens with zero attached hydrogens (tertiary/aromatic N) is 1. The molecule has 1 aliphatic rings. The first kappa shape index (κ1) is 14.3. The monoisotopic (exact) mass is 344 g/mol. The lowest BCUT2D eigenvalue weighted by molar-refractivity contribution is 0.0983. The molecule has 1 amide bonds. The van der Waals surface area contributed by atoms with E-state index in [1.54, 1.807) is 4.90 Å². The van der Waals surface area contributed by atoms with Gasteiger partial charge in [0, 0.05) is 28.3 Å². The summed E-state index contributed by atoms with van der Waals surface area (Å²) in [4.78, 5) is 14.7. The van der Waals surface area contributed by atoms with Gasteiger partial charge in [-0.2, -0.15) is 0 Å². The van der Waals surface area contributed by atoms with Gasteiger partial charge in [-0.15, -0.1) is 0 Å². The molecule has 21 heavy (non-hydrogen) atoms. The van der Waals surface area contributed by atoms with Gasteiger partial charge in [0.2, 0.25) is 0 Å². The van der Waals surface area contributed by atoms with Crippen molar-refractivity contribution in [3.8, 4) is 0 Å². The largest absolute Gasteiger partial charge is 0.326 e. The Bertz CT molecular complexity index is 699. The molecule has 1 atom stereocenters. The van der Waals surface area contributed by atoms with Gasteiger partial charge in [0.1, 0.15) is 0 Å². The maximum atomic E-state index is 12.9. The van der Waals surface area contributed by atoms with Crippen molar-refractivity contribution in [2.45, 2.75) is 19.4 Å². The molecule has 1 unspecified atom stereocenters. The number of anilines is 1. The molecule has 0 saturated heterocycles. The van der Waals surface area contributed by atoms with E-state index < -0.39 is 0 Å². The Morgan fingerprint density at radius 2 is 2.05 bits per heavy atom. The van der Waals surface area contributed by atoms with Crippen LogP contribution in [0.3, 0.4) is 0 Å². The molecule has 2 N–H and O–H groups in total. The summed E-state index contributed by atoms with van der Waals surface area (Å²) in [5, 5.41) is 0. The average molecular weight is 345 g/mol. The van der Waals surface area contributed by atoms with E-state index in [0.29, 0.717) is 6.54 Å². The highest BCUT2D eigenvalue weighted by Gasteiger charge is 2.27. The first-order valence-corrected chi connectivity index (χ1v) is 7.77. The third-order valence-corrected chi connectivity index (χ3v) is 4.34. The Morgan fingerprint density at radius 1 is 1.29 bits per heavy atom. The molecule has 108 valence electrons. The zero-order valence-electron chi connectivity index (χ0n) is 11.8. The minimum Gasteiger partial charge on any atom is -0.326 e. The number of para-hydroxylation sites is 1. The van der Waals surface area contributed by atoms with Gasteiger partial charge < -0.3 is 10.6 Å². The van der Waals surface area contributed by atoms with Crippen molar-refractivity contribution >= 4 is 27.5 Å². The molecule has 4 heteroatoms. The van der Waals surface area contributed by atoms with E-state index in [-0.39, 0.29) is 11.9 Å². The highest BCUT2D eigenvalue weighted by atomic mass is 79.9. The van der Waals surface area contributed by atoms with E-state index in [0.717, 1.165) is 33.3 Å². The molecule has 0 bridgehead atoms. The van der Waals surface area contributed by atoms with Crippen LogP contribution in [0.2, 0.25) is 0 Å². The maximum absolute atomic E-state index is 12.9. The summed E-state index contributed by atoms with van der Waals surface area (Å²) >= 11 is 3.43. The minimum atomic E-state index is -0.0143. The fourth-order valence-electron chi connectivity index (χ4n) is 2.83. The van der Waals surface area contributed by atoms with Crippen molar-refractivity contribution in [3.63, 3.8) is 0 Å². The standard InChI is InChI=1S/C17H17BrN2O/c1-11-8-13(18)6-7-15(11)17(21)20-10-14(19)9-12-4-2-3-5-16(12)20/h2-8,14H,9-10,19H2,1H3. The summed E-state index contributed by atoms with van der Waals surface area (Å²) in [5.74, 6) is 0.0163. The molecule has 3 nitrogen and oxygen atoms in total. The van der Waals surface area contributed by atoms with E-state index in [2.05, 4.69) is 15.9 Å². The zero-order valence-corrected chi connectivity index (χ0v) is 13.4. The first-order chi connectivity index (χ1) is 10.1. The van der Waals surface area contributed by atoms with Crippen molar-refractivity contribution in [2.24, 2.45) is 5.73 Å². The van der Waals surface area contributed by atoms with Gasteiger partial charge in [-0.3, -0.25) is 4.79 Å². The molecule has 1 heterocycles. The molecule has 2 aromatic rings. The summed E-state index contributed by atoms with van der Waals surface area (Å²) < 4.78 is 0.979. The quantitative estimate of drug-likeness (QED) is 0.862. The van der Waals surface area contributed by atoms with Gasteiger partial charge in [-0.1, -0.05) is 34.1 Å². The number of hydrogen-bond acceptors (Lipinski definition) is 2. The molecular formula is C17H17BrN2O. The van der Waals surface area contributed by atoms with Crippen molar-refractivity contribution in [1.82, 2.24) is 0 Å². The Morgan fingerprint density at radius 3 is 2.81 bits per heavy atom. The number of carbonyl (C=O) groups is 1. The lowest BCUT2D eigenvalue weighted by atomic mass is 9.97. The lowest BCUT2D eigenvalue weighted by Gasteiger charge is -2.33. The predicted octanol–water partition coefficient (Wildman–Crippen LogP) is 3.29. The number of benzene rings is 2. The van der Waals surface area contributed by atoms with Crippen LogP contribution < -0.4 is 10.6 Å². The molecule has 0 aromatic heterocycles. The summed E-state index contributed by atoms with van der Waals surface area (Å²) in [5.41, 5.74) is 9.92. The number of fused-ring (bicyclic) bond motifs is 1. The van der Waals surface area contributed by atoms with Gasteiger partial charge in [0.25, 0.3) is 5.91 Å². The van der Waals surface area contributed by atoms with Crippen LogP contribution in [-0.4, -0.2) is 18.5 Å². The van der Waals surface area contributed by atoms with Gasteiger partial charge in [0.05, 0.1) is 0 Å². The van der Waals surface area contributed by atoms with Crippen LogP contribution in [0, 0.1) is 6.92 Å². The van der Waals surface area contributed by atoms with Crippen LogP contribution in [0.15, 0.2) is 46.9 Å². The minimum absolute atomic E-state index is 0.0143. The number of amides is 1. The second-order valence-electron chi connectivity index (χ2n) is 5.47. The van der Waals surface area contributed by atoms with E-state index in [1.165, 1.54) is 0 Å².